The van der Waals surface area contributed by atoms with Crippen LogP contribution >= 0.6 is 11.8 Å². The predicted molar refractivity (Wildman–Crippen MR) is 156 cm³/mol. The Morgan fingerprint density at radius 3 is 2.80 bits per heavy atom. The lowest BCUT2D eigenvalue weighted by Crippen LogP contribution is -2.48. The number of aryl methyl sites for hydroxylation is 2. The van der Waals surface area contributed by atoms with Gasteiger partial charge in [-0.1, -0.05) is 0 Å². The molecule has 5 heterocycles. The van der Waals surface area contributed by atoms with Crippen LogP contribution in [0.1, 0.15) is 47.9 Å². The number of amides is 3. The van der Waals surface area contributed by atoms with Crippen molar-refractivity contribution in [3.8, 4) is 11.9 Å². The van der Waals surface area contributed by atoms with E-state index in [-0.39, 0.29) is 11.9 Å². The first-order valence-electron chi connectivity index (χ1n) is 14.0. The molecule has 3 aliphatic rings. The number of piperazine rings is 1. The number of nitrogens with zero attached hydrogens (tertiary/aromatic N) is 6. The standard InChI is InChI=1S/C29H37N7O3S/c1-34-10-11-35(26(37)19-34)18-23-14-22-4-3-9-36(27(22)33-28(23)39-2)29(38)32-25-15-21(24(16-30)17-31-25)6-5-20-7-12-40-13-8-20/h14-15,17,20H,3-13,18-19H2,1-2H3,(H,31,32,38). The maximum absolute atomic E-state index is 13.4. The van der Waals surface area contributed by atoms with E-state index in [0.29, 0.717) is 55.2 Å². The average Bonchev–Trinajstić information content (AvgIpc) is 2.97. The van der Waals surface area contributed by atoms with Crippen molar-refractivity contribution in [2.75, 3.05) is 62.1 Å². The second kappa shape index (κ2) is 12.9. The lowest BCUT2D eigenvalue weighted by atomic mass is 9.93. The quantitative estimate of drug-likeness (QED) is 0.543. The highest BCUT2D eigenvalue weighted by Crippen LogP contribution is 2.32. The van der Waals surface area contributed by atoms with Crippen molar-refractivity contribution in [2.24, 2.45) is 5.92 Å². The number of nitriles is 1. The number of fused-ring (bicyclic) bond motifs is 1. The van der Waals surface area contributed by atoms with E-state index in [0.717, 1.165) is 48.9 Å². The lowest BCUT2D eigenvalue weighted by Gasteiger charge is -2.33. The van der Waals surface area contributed by atoms with Crippen LogP contribution in [0.4, 0.5) is 16.4 Å². The van der Waals surface area contributed by atoms with Crippen LogP contribution in [0.15, 0.2) is 18.3 Å². The molecule has 11 heteroatoms. The van der Waals surface area contributed by atoms with Crippen LogP contribution in [0.5, 0.6) is 5.88 Å². The molecule has 0 aromatic carbocycles. The molecule has 3 aliphatic heterocycles. The van der Waals surface area contributed by atoms with Gasteiger partial charge in [0.05, 0.1) is 25.8 Å². The van der Waals surface area contributed by atoms with Crippen LogP contribution in [-0.4, -0.2) is 83.5 Å². The number of pyridine rings is 2. The molecule has 2 fully saturated rings. The Morgan fingerprint density at radius 2 is 2.05 bits per heavy atom. The maximum atomic E-state index is 13.4. The zero-order valence-corrected chi connectivity index (χ0v) is 24.1. The number of hydrogen-bond acceptors (Lipinski definition) is 8. The number of thioether (sulfide) groups is 1. The predicted octanol–water partition coefficient (Wildman–Crippen LogP) is 3.69. The minimum atomic E-state index is -0.315. The summed E-state index contributed by atoms with van der Waals surface area (Å²) in [5.74, 6) is 4.61. The van der Waals surface area contributed by atoms with Gasteiger partial charge in [-0.3, -0.25) is 19.9 Å². The van der Waals surface area contributed by atoms with Crippen molar-refractivity contribution in [1.82, 2.24) is 19.8 Å². The summed E-state index contributed by atoms with van der Waals surface area (Å²) in [4.78, 5) is 40.5. The first-order chi connectivity index (χ1) is 19.4. The fourth-order valence-corrected chi connectivity index (χ4v) is 6.86. The van der Waals surface area contributed by atoms with Gasteiger partial charge in [0.15, 0.2) is 0 Å². The van der Waals surface area contributed by atoms with Crippen molar-refractivity contribution in [3.05, 3.63) is 40.6 Å². The van der Waals surface area contributed by atoms with Crippen LogP contribution < -0.4 is 15.0 Å². The molecule has 0 saturated carbocycles. The number of ether oxygens (including phenoxy) is 1. The Morgan fingerprint density at radius 1 is 1.23 bits per heavy atom. The molecule has 0 bridgehead atoms. The van der Waals surface area contributed by atoms with Crippen LogP contribution in [0.3, 0.4) is 0 Å². The summed E-state index contributed by atoms with van der Waals surface area (Å²) < 4.78 is 5.61. The fraction of sp³-hybridized carbons (Fsp3) is 0.552. The van der Waals surface area contributed by atoms with Gasteiger partial charge < -0.3 is 9.64 Å². The molecule has 0 unspecified atom stereocenters. The summed E-state index contributed by atoms with van der Waals surface area (Å²) in [6.07, 6.45) is 7.43. The minimum Gasteiger partial charge on any atom is -0.481 e. The van der Waals surface area contributed by atoms with Gasteiger partial charge in [0.2, 0.25) is 11.8 Å². The summed E-state index contributed by atoms with van der Waals surface area (Å²) in [6.45, 7) is 2.84. The average molecular weight is 564 g/mol. The van der Waals surface area contributed by atoms with E-state index in [1.54, 1.807) is 18.2 Å². The second-order valence-corrected chi connectivity index (χ2v) is 12.0. The monoisotopic (exact) mass is 563 g/mol. The normalized spacial score (nSPS) is 18.3. The highest BCUT2D eigenvalue weighted by molar-refractivity contribution is 7.99. The van der Waals surface area contributed by atoms with Crippen molar-refractivity contribution < 1.29 is 14.3 Å². The number of methoxy groups -OCH3 is 1. The summed E-state index contributed by atoms with van der Waals surface area (Å²) in [6, 6.07) is 5.80. The number of urea groups is 1. The van der Waals surface area contributed by atoms with Gasteiger partial charge in [-0.2, -0.15) is 22.0 Å². The highest BCUT2D eigenvalue weighted by Gasteiger charge is 2.29. The first-order valence-corrected chi connectivity index (χ1v) is 15.2. The number of nitrogens with one attached hydrogen (secondary N) is 1. The number of rotatable bonds is 7. The third-order valence-corrected chi connectivity index (χ3v) is 9.07. The highest BCUT2D eigenvalue weighted by atomic mass is 32.2. The SMILES string of the molecule is COc1nc2c(cc1CN1CCN(C)CC1=O)CCCN2C(=O)Nc1cc(CCC2CCSCC2)c(C#N)cn1. The van der Waals surface area contributed by atoms with Gasteiger partial charge >= 0.3 is 6.03 Å². The molecule has 0 atom stereocenters. The second-order valence-electron chi connectivity index (χ2n) is 10.8. The molecule has 212 valence electrons. The van der Waals surface area contributed by atoms with Crippen molar-refractivity contribution >= 4 is 35.3 Å². The van der Waals surface area contributed by atoms with Crippen LogP contribution in [0.25, 0.3) is 0 Å². The minimum absolute atomic E-state index is 0.0848. The number of aromatic nitrogens is 2. The molecule has 2 saturated heterocycles. The van der Waals surface area contributed by atoms with E-state index in [9.17, 15) is 14.9 Å². The molecular formula is C29H37N7O3S. The summed E-state index contributed by atoms with van der Waals surface area (Å²) >= 11 is 2.01. The van der Waals surface area contributed by atoms with Gasteiger partial charge in [-0.15, -0.1) is 0 Å². The molecule has 5 rings (SSSR count). The van der Waals surface area contributed by atoms with Gasteiger partial charge in [-0.05, 0) is 86.3 Å². The van der Waals surface area contributed by atoms with Crippen molar-refractivity contribution in [1.29, 1.82) is 5.26 Å². The Kier molecular flexibility index (Phi) is 9.07. The molecule has 0 aliphatic carbocycles. The summed E-state index contributed by atoms with van der Waals surface area (Å²) in [5, 5.41) is 12.5. The van der Waals surface area contributed by atoms with Crippen molar-refractivity contribution in [2.45, 2.75) is 45.1 Å². The summed E-state index contributed by atoms with van der Waals surface area (Å²) in [7, 11) is 3.51. The van der Waals surface area contributed by atoms with Gasteiger partial charge in [-0.25, -0.2) is 9.78 Å². The molecule has 2 aromatic heterocycles. The Balaban J connectivity index is 1.30. The number of carbonyl (C=O) groups is 2. The van der Waals surface area contributed by atoms with E-state index >= 15 is 0 Å². The van der Waals surface area contributed by atoms with Crippen molar-refractivity contribution in [3.63, 3.8) is 0 Å². The Hall–Kier alpha value is -3.36. The smallest absolute Gasteiger partial charge is 0.328 e. The molecule has 3 amide bonds. The topological polar surface area (TPSA) is 115 Å². The number of anilines is 2. The van der Waals surface area contributed by atoms with Crippen LogP contribution in [0, 0.1) is 17.2 Å². The summed E-state index contributed by atoms with van der Waals surface area (Å²) in [5.41, 5.74) is 3.28. The van der Waals surface area contributed by atoms with E-state index in [4.69, 9.17) is 9.72 Å². The molecule has 2 aromatic rings. The van der Waals surface area contributed by atoms with Gasteiger partial charge in [0.25, 0.3) is 0 Å². The third kappa shape index (κ3) is 6.50. The van der Waals surface area contributed by atoms with Crippen LogP contribution in [0.2, 0.25) is 0 Å². The third-order valence-electron chi connectivity index (χ3n) is 8.02. The fourth-order valence-electron chi connectivity index (χ4n) is 5.66. The number of hydrogen-bond donors (Lipinski definition) is 1. The van der Waals surface area contributed by atoms with E-state index in [1.807, 2.05) is 40.7 Å². The largest absolute Gasteiger partial charge is 0.481 e. The zero-order chi connectivity index (χ0) is 28.1. The Labute approximate surface area is 240 Å². The molecular weight excluding hydrogens is 526 g/mol. The van der Waals surface area contributed by atoms with E-state index in [1.165, 1.54) is 24.3 Å². The van der Waals surface area contributed by atoms with E-state index < -0.39 is 0 Å². The van der Waals surface area contributed by atoms with Gasteiger partial charge in [0.1, 0.15) is 17.7 Å². The van der Waals surface area contributed by atoms with E-state index in [2.05, 4.69) is 16.4 Å². The lowest BCUT2D eigenvalue weighted by molar-refractivity contribution is -0.136. The number of carbonyl (C=O) groups excluding carboxylic acids is 2. The van der Waals surface area contributed by atoms with Gasteiger partial charge in [0, 0.05) is 31.4 Å². The Bertz CT molecular complexity index is 1290. The molecule has 1 N–H and O–H groups in total. The maximum Gasteiger partial charge on any atom is 0.328 e. The zero-order valence-electron chi connectivity index (χ0n) is 23.3. The molecule has 0 spiro atoms. The molecule has 0 radical (unpaired) electrons. The van der Waals surface area contributed by atoms with Crippen LogP contribution in [-0.2, 0) is 24.2 Å². The molecule has 10 nitrogen and oxygen atoms in total. The first kappa shape index (κ1) is 28.2. The molecule has 40 heavy (non-hydrogen) atoms. The number of likely N-dealkylation sites (N-methyl/N-ethyl adjacent to an activating group) is 1.